The molecule has 0 aromatic carbocycles. The summed E-state index contributed by atoms with van der Waals surface area (Å²) in [6.07, 6.45) is 0. The molecule has 0 saturated heterocycles. The van der Waals surface area contributed by atoms with Gasteiger partial charge >= 0.3 is 0 Å². The van der Waals surface area contributed by atoms with E-state index < -0.39 is 5.97 Å². The van der Waals surface area contributed by atoms with Gasteiger partial charge in [0, 0.05) is 21.1 Å². The molecular weight excluding hydrogens is 266 g/mol. The van der Waals surface area contributed by atoms with Crippen molar-refractivity contribution in [2.45, 2.75) is 0 Å². The molecule has 0 aliphatic rings. The van der Waals surface area contributed by atoms with Gasteiger partial charge in [0.05, 0.1) is 0 Å². The van der Waals surface area contributed by atoms with Crippen LogP contribution in [0.15, 0.2) is 0 Å². The van der Waals surface area contributed by atoms with Crippen LogP contribution in [0.25, 0.3) is 5.32 Å². The summed E-state index contributed by atoms with van der Waals surface area (Å²) in [6, 6.07) is 0. The fourth-order valence-corrected chi connectivity index (χ4v) is 0.135. The first-order valence-electron chi connectivity index (χ1n) is 1.54. The number of hydrogen-bond donors (Lipinski definition) is 1. The van der Waals surface area contributed by atoms with Gasteiger partial charge in [-0.1, -0.05) is 0 Å². The molecule has 0 unspecified atom stereocenters. The molecular formula is C3H6NO2W-. The van der Waals surface area contributed by atoms with Crippen molar-refractivity contribution in [3.8, 4) is 0 Å². The molecule has 0 spiro atoms. The zero-order valence-corrected chi connectivity index (χ0v) is 6.85. The van der Waals surface area contributed by atoms with E-state index in [0.29, 0.717) is 0 Å². The maximum atomic E-state index is 9.51. The zero-order valence-electron chi connectivity index (χ0n) is 3.92. The molecule has 0 atom stereocenters. The molecule has 0 aromatic heterocycles. The van der Waals surface area contributed by atoms with Crippen molar-refractivity contribution in [3.63, 3.8) is 0 Å². The van der Waals surface area contributed by atoms with E-state index in [9.17, 15) is 4.79 Å². The number of likely N-dealkylation sites (N-methyl/N-ethyl adjacent to an activating group) is 1. The Bertz CT molecular complexity index is 56.9. The van der Waals surface area contributed by atoms with Gasteiger partial charge in [0.1, 0.15) is 0 Å². The van der Waals surface area contributed by atoms with Crippen molar-refractivity contribution in [1.29, 1.82) is 0 Å². The number of rotatable bonds is 2. The van der Waals surface area contributed by atoms with E-state index in [0.717, 1.165) is 0 Å². The Morgan fingerprint density at radius 1 is 1.86 bits per heavy atom. The van der Waals surface area contributed by atoms with Crippen molar-refractivity contribution < 1.29 is 31.0 Å². The summed E-state index contributed by atoms with van der Waals surface area (Å²) in [5.41, 5.74) is 0. The van der Waals surface area contributed by atoms with Crippen molar-refractivity contribution in [1.82, 2.24) is 0 Å². The Kier molecular flexibility index (Phi) is 8.89. The molecule has 4 heteroatoms. The summed E-state index contributed by atoms with van der Waals surface area (Å²) in [6.45, 7) is -0.0833. The van der Waals surface area contributed by atoms with Gasteiger partial charge in [0.2, 0.25) is 0 Å². The number of hydrogen-bond acceptors (Lipinski definition) is 1. The monoisotopic (exact) mass is 272 g/mol. The predicted molar refractivity (Wildman–Crippen MR) is 21.8 cm³/mol. The molecule has 0 saturated carbocycles. The third kappa shape index (κ3) is 10.7. The molecule has 0 heterocycles. The molecule has 0 aliphatic heterocycles. The number of aliphatic carboxylic acids is 1. The van der Waals surface area contributed by atoms with E-state index in [4.69, 9.17) is 5.11 Å². The van der Waals surface area contributed by atoms with Gasteiger partial charge in [0.15, 0.2) is 0 Å². The van der Waals surface area contributed by atoms with Crippen LogP contribution in [0.3, 0.4) is 0 Å². The number of nitrogens with zero attached hydrogens (tertiary/aromatic N) is 1. The topological polar surface area (TPSA) is 51.4 Å². The summed E-state index contributed by atoms with van der Waals surface area (Å²) in [4.78, 5) is 9.51. The second kappa shape index (κ2) is 6.12. The maximum absolute atomic E-state index is 9.51. The number of carbonyl (C=O) groups is 1. The number of carboxylic acids is 1. The van der Waals surface area contributed by atoms with Crippen LogP contribution in [-0.4, -0.2) is 24.7 Å². The van der Waals surface area contributed by atoms with Crippen LogP contribution in [0.4, 0.5) is 0 Å². The van der Waals surface area contributed by atoms with Gasteiger partial charge in [0.25, 0.3) is 5.97 Å². The van der Waals surface area contributed by atoms with Crippen molar-refractivity contribution >= 4 is 5.97 Å². The molecule has 0 aromatic rings. The van der Waals surface area contributed by atoms with Crippen LogP contribution < -0.4 is 0 Å². The first kappa shape index (κ1) is 10.2. The molecule has 0 amide bonds. The first-order valence-corrected chi connectivity index (χ1v) is 1.54. The second-order valence-electron chi connectivity index (χ2n) is 0.868. The Morgan fingerprint density at radius 3 is 2.29 bits per heavy atom. The van der Waals surface area contributed by atoms with E-state index in [1.807, 2.05) is 0 Å². The summed E-state index contributed by atoms with van der Waals surface area (Å²) in [7, 11) is 1.47. The normalized spacial score (nSPS) is 7.00. The van der Waals surface area contributed by atoms with Crippen LogP contribution in [0.1, 0.15) is 0 Å². The molecule has 0 fully saturated rings. The molecule has 0 radical (unpaired) electrons. The summed E-state index contributed by atoms with van der Waals surface area (Å²) in [5, 5.41) is 11.2. The van der Waals surface area contributed by atoms with E-state index in [2.05, 4.69) is 5.32 Å². The summed E-state index contributed by atoms with van der Waals surface area (Å²) >= 11 is 0. The standard InChI is InChI=1S/C3H6NO2.W/c1-4-2-3(5)6;/h2H2,1H3,(H,5,6);/q-1;. The average molecular weight is 272 g/mol. The molecule has 0 aliphatic carbocycles. The Morgan fingerprint density at radius 2 is 2.29 bits per heavy atom. The molecule has 3 nitrogen and oxygen atoms in total. The smallest absolute Gasteiger partial charge is 0.282 e. The van der Waals surface area contributed by atoms with Crippen LogP contribution in [0.2, 0.25) is 0 Å². The largest absolute Gasteiger partial charge is 0.656 e. The van der Waals surface area contributed by atoms with E-state index >= 15 is 0 Å². The number of carboxylic acid groups (broad SMARTS) is 1. The van der Waals surface area contributed by atoms with Crippen LogP contribution in [0, 0.1) is 0 Å². The van der Waals surface area contributed by atoms with Crippen molar-refractivity contribution in [3.05, 3.63) is 5.32 Å². The summed E-state index contributed by atoms with van der Waals surface area (Å²) < 4.78 is 0. The van der Waals surface area contributed by atoms with Crippen LogP contribution >= 0.6 is 0 Å². The molecule has 7 heavy (non-hydrogen) atoms. The van der Waals surface area contributed by atoms with Crippen LogP contribution in [0.5, 0.6) is 0 Å². The van der Waals surface area contributed by atoms with Crippen LogP contribution in [-0.2, 0) is 25.9 Å². The zero-order chi connectivity index (χ0) is 4.99. The van der Waals surface area contributed by atoms with E-state index in [1.165, 1.54) is 7.05 Å². The third-order valence-corrected chi connectivity index (χ3v) is 0.293. The fourth-order valence-electron chi connectivity index (χ4n) is 0.135. The van der Waals surface area contributed by atoms with Gasteiger partial charge in [-0.2, -0.15) is 7.05 Å². The van der Waals surface area contributed by atoms with E-state index in [1.54, 1.807) is 0 Å². The van der Waals surface area contributed by atoms with Gasteiger partial charge in [-0.15, -0.1) is 0 Å². The second-order valence-corrected chi connectivity index (χ2v) is 0.868. The fraction of sp³-hybridized carbons (Fsp3) is 0.667. The first-order chi connectivity index (χ1) is 2.77. The Labute approximate surface area is 56.4 Å². The Balaban J connectivity index is 0. The summed E-state index contributed by atoms with van der Waals surface area (Å²) in [5.74, 6) is -0.877. The molecule has 0 bridgehead atoms. The van der Waals surface area contributed by atoms with Gasteiger partial charge < -0.3 is 10.4 Å². The van der Waals surface area contributed by atoms with Gasteiger partial charge in [-0.3, -0.25) is 4.79 Å². The average Bonchev–Trinajstić information content (AvgIpc) is 1.35. The molecule has 0 rings (SSSR count). The predicted octanol–water partition coefficient (Wildman–Crippen LogP) is 0.0720. The van der Waals surface area contributed by atoms with Gasteiger partial charge in [-0.05, 0) is 6.54 Å². The maximum Gasteiger partial charge on any atom is 0.282 e. The van der Waals surface area contributed by atoms with E-state index in [-0.39, 0.29) is 27.6 Å². The minimum absolute atomic E-state index is 0. The molecule has 42 valence electrons. The van der Waals surface area contributed by atoms with Gasteiger partial charge in [-0.25, -0.2) is 0 Å². The minimum Gasteiger partial charge on any atom is -0.656 e. The van der Waals surface area contributed by atoms with Crippen molar-refractivity contribution in [2.24, 2.45) is 0 Å². The third-order valence-electron chi connectivity index (χ3n) is 0.293. The molecule has 1 N–H and O–H groups in total. The quantitative estimate of drug-likeness (QED) is 0.773. The minimum atomic E-state index is -0.877. The van der Waals surface area contributed by atoms with Crippen molar-refractivity contribution in [2.75, 3.05) is 13.6 Å². The SMILES string of the molecule is C[N-]CC(=O)O.[W]. The Hall–Kier alpha value is 0.118.